The van der Waals surface area contributed by atoms with Gasteiger partial charge in [-0.15, -0.1) is 0 Å². The van der Waals surface area contributed by atoms with Gasteiger partial charge < -0.3 is 4.74 Å². The largest absolute Gasteiger partial charge is 0.456 e. The molecule has 20 heavy (non-hydrogen) atoms. The molecule has 0 spiro atoms. The molecule has 0 atom stereocenters. The smallest absolute Gasteiger partial charge is 0.273 e. The molecule has 6 heteroatoms. The summed E-state index contributed by atoms with van der Waals surface area (Å²) in [7, 11) is 0. The van der Waals surface area contributed by atoms with Crippen LogP contribution in [0.2, 0.25) is 0 Å². The number of aldehydes is 1. The van der Waals surface area contributed by atoms with Gasteiger partial charge in [0.15, 0.2) is 0 Å². The molecule has 0 heterocycles. The van der Waals surface area contributed by atoms with Crippen molar-refractivity contribution in [2.45, 2.75) is 6.92 Å². The number of benzene rings is 2. The van der Waals surface area contributed by atoms with Crippen molar-refractivity contribution < 1.29 is 14.5 Å². The fourth-order valence-corrected chi connectivity index (χ4v) is 1.99. The zero-order chi connectivity index (χ0) is 14.7. The first-order valence-corrected chi connectivity index (χ1v) is 6.48. The topological polar surface area (TPSA) is 69.4 Å². The number of halogens is 1. The van der Waals surface area contributed by atoms with E-state index >= 15 is 0 Å². The quantitative estimate of drug-likeness (QED) is 0.475. The van der Waals surface area contributed by atoms with Crippen molar-refractivity contribution in [1.29, 1.82) is 0 Å². The number of rotatable bonds is 4. The van der Waals surface area contributed by atoms with Crippen LogP contribution in [-0.2, 0) is 0 Å². The Labute approximate surface area is 123 Å². The van der Waals surface area contributed by atoms with E-state index in [9.17, 15) is 14.9 Å². The summed E-state index contributed by atoms with van der Waals surface area (Å²) >= 11 is 3.29. The highest BCUT2D eigenvalue weighted by molar-refractivity contribution is 9.10. The van der Waals surface area contributed by atoms with Crippen molar-refractivity contribution in [3.05, 3.63) is 62.1 Å². The van der Waals surface area contributed by atoms with Crippen LogP contribution in [-0.4, -0.2) is 11.2 Å². The number of aryl methyl sites for hydroxylation is 1. The van der Waals surface area contributed by atoms with Gasteiger partial charge in [0, 0.05) is 11.6 Å². The molecule has 0 aromatic heterocycles. The van der Waals surface area contributed by atoms with E-state index in [4.69, 9.17) is 4.74 Å². The average molecular weight is 336 g/mol. The fourth-order valence-electron chi connectivity index (χ4n) is 1.66. The van der Waals surface area contributed by atoms with E-state index in [2.05, 4.69) is 15.9 Å². The zero-order valence-electron chi connectivity index (χ0n) is 10.5. The van der Waals surface area contributed by atoms with Crippen LogP contribution in [0.25, 0.3) is 0 Å². The third-order valence-electron chi connectivity index (χ3n) is 2.68. The Morgan fingerprint density at radius 3 is 2.55 bits per heavy atom. The molecule has 0 bridgehead atoms. The summed E-state index contributed by atoms with van der Waals surface area (Å²) in [6.45, 7) is 1.80. The Morgan fingerprint density at radius 2 is 1.95 bits per heavy atom. The molecule has 0 unspecified atom stereocenters. The first-order chi connectivity index (χ1) is 9.51. The number of nitro benzene ring substituents is 1. The fraction of sp³-hybridized carbons (Fsp3) is 0.0714. The maximum Gasteiger partial charge on any atom is 0.273 e. The minimum atomic E-state index is -0.484. The molecule has 0 amide bonds. The Hall–Kier alpha value is -2.21. The molecule has 2 aromatic rings. The Bertz CT molecular complexity index is 685. The van der Waals surface area contributed by atoms with Gasteiger partial charge in [-0.1, -0.05) is 0 Å². The van der Waals surface area contributed by atoms with Crippen LogP contribution in [0, 0.1) is 17.0 Å². The number of carbonyl (C=O) groups is 1. The maximum atomic E-state index is 10.8. The molecular weight excluding hydrogens is 326 g/mol. The summed E-state index contributed by atoms with van der Waals surface area (Å²) < 4.78 is 6.28. The van der Waals surface area contributed by atoms with Gasteiger partial charge in [-0.3, -0.25) is 14.9 Å². The van der Waals surface area contributed by atoms with Crippen molar-refractivity contribution in [3.63, 3.8) is 0 Å². The third kappa shape index (κ3) is 3.03. The molecule has 0 aliphatic heterocycles. The first kappa shape index (κ1) is 14.2. The summed E-state index contributed by atoms with van der Waals surface area (Å²) in [6.07, 6.45) is 0.750. The Balaban J connectivity index is 2.36. The van der Waals surface area contributed by atoms with Gasteiger partial charge in [-0.25, -0.2) is 0 Å². The van der Waals surface area contributed by atoms with Crippen LogP contribution in [0.1, 0.15) is 15.9 Å². The second-order valence-corrected chi connectivity index (χ2v) is 4.97. The average Bonchev–Trinajstić information content (AvgIpc) is 2.42. The van der Waals surface area contributed by atoms with E-state index in [1.54, 1.807) is 31.2 Å². The van der Waals surface area contributed by atoms with E-state index in [0.717, 1.165) is 11.8 Å². The van der Waals surface area contributed by atoms with E-state index < -0.39 is 4.92 Å². The molecule has 0 fully saturated rings. The summed E-state index contributed by atoms with van der Waals surface area (Å²) in [5, 5.41) is 10.8. The number of hydrogen-bond donors (Lipinski definition) is 0. The van der Waals surface area contributed by atoms with Gasteiger partial charge in [0.2, 0.25) is 0 Å². The minimum absolute atomic E-state index is 0.0506. The number of carbonyl (C=O) groups excluding carboxylic acids is 1. The number of hydrogen-bond acceptors (Lipinski definition) is 4. The molecule has 2 rings (SSSR count). The van der Waals surface area contributed by atoms with Crippen LogP contribution in [0.15, 0.2) is 40.9 Å². The van der Waals surface area contributed by atoms with Gasteiger partial charge in [-0.2, -0.15) is 0 Å². The van der Waals surface area contributed by atoms with Crippen LogP contribution < -0.4 is 4.74 Å². The Morgan fingerprint density at radius 1 is 1.20 bits per heavy atom. The van der Waals surface area contributed by atoms with E-state index in [1.165, 1.54) is 12.1 Å². The molecule has 0 saturated heterocycles. The summed E-state index contributed by atoms with van der Waals surface area (Å²) in [5.74, 6) is 0.887. The van der Waals surface area contributed by atoms with Crippen LogP contribution in [0.4, 0.5) is 5.69 Å². The number of ether oxygens (including phenoxy) is 1. The Kier molecular flexibility index (Phi) is 4.14. The molecule has 5 nitrogen and oxygen atoms in total. The summed E-state index contributed by atoms with van der Waals surface area (Å²) in [5.41, 5.74) is 1.27. The predicted molar refractivity (Wildman–Crippen MR) is 77.4 cm³/mol. The predicted octanol–water partition coefficient (Wildman–Crippen LogP) is 4.27. The molecule has 0 aliphatic rings. The van der Waals surface area contributed by atoms with Gasteiger partial charge in [-0.05, 0) is 52.7 Å². The number of nitrogens with zero attached hydrogens (tertiary/aromatic N) is 1. The van der Waals surface area contributed by atoms with E-state index in [1.807, 2.05) is 0 Å². The second kappa shape index (κ2) is 5.83. The summed E-state index contributed by atoms with van der Waals surface area (Å²) in [6, 6.07) is 9.26. The molecule has 2 aromatic carbocycles. The number of non-ortho nitro benzene ring substituents is 1. The molecular formula is C14H10BrNO4. The number of nitro groups is 1. The summed E-state index contributed by atoms with van der Waals surface area (Å²) in [4.78, 5) is 21.0. The highest BCUT2D eigenvalue weighted by atomic mass is 79.9. The second-order valence-electron chi connectivity index (χ2n) is 4.12. The highest BCUT2D eigenvalue weighted by Crippen LogP contribution is 2.34. The van der Waals surface area contributed by atoms with Crippen LogP contribution in [0.5, 0.6) is 11.5 Å². The van der Waals surface area contributed by atoms with Crippen molar-refractivity contribution >= 4 is 27.9 Å². The molecule has 0 radical (unpaired) electrons. The van der Waals surface area contributed by atoms with E-state index in [-0.39, 0.29) is 5.69 Å². The van der Waals surface area contributed by atoms with Gasteiger partial charge in [0.25, 0.3) is 5.69 Å². The SMILES string of the molecule is Cc1cc(C=O)ccc1Oc1cc([N+](=O)[O-])ccc1Br. The molecule has 0 aliphatic carbocycles. The molecule has 0 N–H and O–H groups in total. The lowest BCUT2D eigenvalue weighted by Crippen LogP contribution is -1.93. The molecule has 102 valence electrons. The van der Waals surface area contributed by atoms with Gasteiger partial charge >= 0.3 is 0 Å². The standard InChI is InChI=1S/C14H10BrNO4/c1-9-6-10(8-17)2-5-13(9)20-14-7-11(16(18)19)3-4-12(14)15/h2-8H,1H3. The first-order valence-electron chi connectivity index (χ1n) is 5.69. The van der Waals surface area contributed by atoms with E-state index in [0.29, 0.717) is 21.5 Å². The lowest BCUT2D eigenvalue weighted by Gasteiger charge is -2.10. The monoisotopic (exact) mass is 335 g/mol. The van der Waals surface area contributed by atoms with Gasteiger partial charge in [0.05, 0.1) is 15.5 Å². The lowest BCUT2D eigenvalue weighted by atomic mass is 10.1. The normalized spacial score (nSPS) is 10.1. The minimum Gasteiger partial charge on any atom is -0.456 e. The van der Waals surface area contributed by atoms with Crippen LogP contribution >= 0.6 is 15.9 Å². The van der Waals surface area contributed by atoms with Crippen LogP contribution in [0.3, 0.4) is 0 Å². The van der Waals surface area contributed by atoms with Crippen molar-refractivity contribution in [2.75, 3.05) is 0 Å². The highest BCUT2D eigenvalue weighted by Gasteiger charge is 2.12. The lowest BCUT2D eigenvalue weighted by molar-refractivity contribution is -0.384. The molecule has 0 saturated carbocycles. The van der Waals surface area contributed by atoms with Crippen molar-refractivity contribution in [3.8, 4) is 11.5 Å². The van der Waals surface area contributed by atoms with Crippen molar-refractivity contribution in [2.24, 2.45) is 0 Å². The maximum absolute atomic E-state index is 10.8. The third-order valence-corrected chi connectivity index (χ3v) is 3.34. The van der Waals surface area contributed by atoms with Crippen molar-refractivity contribution in [1.82, 2.24) is 0 Å². The van der Waals surface area contributed by atoms with Gasteiger partial charge in [0.1, 0.15) is 17.8 Å². The zero-order valence-corrected chi connectivity index (χ0v) is 12.1.